The van der Waals surface area contributed by atoms with E-state index in [2.05, 4.69) is 21.2 Å². The van der Waals surface area contributed by atoms with Crippen LogP contribution in [0, 0.1) is 11.7 Å². The first-order chi connectivity index (χ1) is 8.86. The maximum absolute atomic E-state index is 13.6. The normalized spacial score (nSPS) is 14.1. The van der Waals surface area contributed by atoms with Crippen LogP contribution >= 0.6 is 15.9 Å². The minimum Gasteiger partial charge on any atom is -0.494 e. The first-order valence-corrected chi connectivity index (χ1v) is 7.06. The Hall–Kier alpha value is -1.10. The van der Waals surface area contributed by atoms with Crippen molar-refractivity contribution in [3.8, 4) is 5.75 Å². The predicted molar refractivity (Wildman–Crippen MR) is 77.1 cm³/mol. The Kier molecular flexibility index (Phi) is 5.79. The lowest BCUT2D eigenvalue weighted by Gasteiger charge is -2.19. The number of ether oxygens (including phenoxy) is 1. The van der Waals surface area contributed by atoms with Crippen LogP contribution in [0.25, 0.3) is 0 Å². The molecule has 0 fully saturated rings. The number of carbonyl (C=O) groups is 1. The number of rotatable bonds is 5. The van der Waals surface area contributed by atoms with E-state index in [0.717, 1.165) is 0 Å². The van der Waals surface area contributed by atoms with Gasteiger partial charge in [-0.25, -0.2) is 4.39 Å². The second-order valence-electron chi connectivity index (χ2n) is 4.77. The molecule has 0 aliphatic heterocycles. The Bertz CT molecular complexity index is 451. The third-order valence-corrected chi connectivity index (χ3v) is 4.34. The third-order valence-electron chi connectivity index (χ3n) is 2.87. The summed E-state index contributed by atoms with van der Waals surface area (Å²) in [6.45, 7) is 5.73. The molecular weight excluding hydrogens is 313 g/mol. The van der Waals surface area contributed by atoms with Crippen molar-refractivity contribution in [3.63, 3.8) is 0 Å². The molecule has 0 saturated heterocycles. The number of benzene rings is 1. The Morgan fingerprint density at radius 3 is 2.47 bits per heavy atom. The minimum atomic E-state index is -0.430. The number of hydrogen-bond donors (Lipinski definition) is 1. The standard InChI is InChI=1S/C14H19BrFNO2/c1-8(2)13(15)14(18)17-9(3)10-5-6-12(19-4)11(16)7-10/h5-9,13H,1-4H3,(H,17,18). The van der Waals surface area contributed by atoms with Gasteiger partial charge in [0.15, 0.2) is 11.6 Å². The van der Waals surface area contributed by atoms with Crippen molar-refractivity contribution in [3.05, 3.63) is 29.6 Å². The van der Waals surface area contributed by atoms with Crippen LogP contribution in [0.1, 0.15) is 32.4 Å². The summed E-state index contributed by atoms with van der Waals surface area (Å²) in [7, 11) is 1.42. The number of amides is 1. The van der Waals surface area contributed by atoms with E-state index in [1.54, 1.807) is 12.1 Å². The van der Waals surface area contributed by atoms with E-state index in [4.69, 9.17) is 4.74 Å². The molecule has 0 aliphatic carbocycles. The van der Waals surface area contributed by atoms with Gasteiger partial charge in [0.2, 0.25) is 5.91 Å². The zero-order chi connectivity index (χ0) is 14.6. The molecule has 0 aromatic heterocycles. The van der Waals surface area contributed by atoms with Crippen molar-refractivity contribution < 1.29 is 13.9 Å². The monoisotopic (exact) mass is 331 g/mol. The molecule has 2 unspecified atom stereocenters. The molecule has 1 amide bonds. The van der Waals surface area contributed by atoms with E-state index in [1.165, 1.54) is 13.2 Å². The predicted octanol–water partition coefficient (Wildman–Crippen LogP) is 3.43. The summed E-state index contributed by atoms with van der Waals surface area (Å²) in [6, 6.07) is 4.42. The van der Waals surface area contributed by atoms with Crippen molar-refractivity contribution in [2.45, 2.75) is 31.6 Å². The molecule has 0 aliphatic rings. The van der Waals surface area contributed by atoms with Crippen LogP contribution in [0.5, 0.6) is 5.75 Å². The van der Waals surface area contributed by atoms with Crippen molar-refractivity contribution >= 4 is 21.8 Å². The summed E-state index contributed by atoms with van der Waals surface area (Å²) in [5.74, 6) is -0.137. The molecule has 0 saturated carbocycles. The lowest BCUT2D eigenvalue weighted by Crippen LogP contribution is -2.35. The Morgan fingerprint density at radius 2 is 2.00 bits per heavy atom. The van der Waals surface area contributed by atoms with Crippen LogP contribution < -0.4 is 10.1 Å². The topological polar surface area (TPSA) is 38.3 Å². The zero-order valence-electron chi connectivity index (χ0n) is 11.5. The summed E-state index contributed by atoms with van der Waals surface area (Å²) in [5, 5.41) is 2.85. The lowest BCUT2D eigenvalue weighted by molar-refractivity contribution is -0.121. The Morgan fingerprint density at radius 1 is 1.37 bits per heavy atom. The van der Waals surface area contributed by atoms with E-state index in [-0.39, 0.29) is 28.4 Å². The van der Waals surface area contributed by atoms with E-state index >= 15 is 0 Å². The SMILES string of the molecule is COc1ccc(C(C)NC(=O)C(Br)C(C)C)cc1F. The quantitative estimate of drug-likeness (QED) is 0.839. The van der Waals surface area contributed by atoms with Gasteiger partial charge in [-0.15, -0.1) is 0 Å². The van der Waals surface area contributed by atoms with Crippen LogP contribution in [0.2, 0.25) is 0 Å². The summed E-state index contributed by atoms with van der Waals surface area (Å²) in [6.07, 6.45) is 0. The average Bonchev–Trinajstić information content (AvgIpc) is 2.37. The molecule has 2 atom stereocenters. The molecule has 1 aromatic rings. The van der Waals surface area contributed by atoms with Crippen molar-refractivity contribution in [2.24, 2.45) is 5.92 Å². The molecule has 0 bridgehead atoms. The van der Waals surface area contributed by atoms with E-state index in [9.17, 15) is 9.18 Å². The molecule has 0 heterocycles. The molecule has 19 heavy (non-hydrogen) atoms. The van der Waals surface area contributed by atoms with Crippen molar-refractivity contribution in [1.82, 2.24) is 5.32 Å². The highest BCUT2D eigenvalue weighted by molar-refractivity contribution is 9.10. The zero-order valence-corrected chi connectivity index (χ0v) is 13.1. The second-order valence-corrected chi connectivity index (χ2v) is 5.76. The number of halogens is 2. The van der Waals surface area contributed by atoms with E-state index < -0.39 is 5.82 Å². The van der Waals surface area contributed by atoms with Crippen molar-refractivity contribution in [2.75, 3.05) is 7.11 Å². The molecule has 0 spiro atoms. The highest BCUT2D eigenvalue weighted by atomic mass is 79.9. The summed E-state index contributed by atoms with van der Waals surface area (Å²) in [5.41, 5.74) is 0.704. The van der Waals surface area contributed by atoms with Crippen molar-refractivity contribution in [1.29, 1.82) is 0 Å². The van der Waals surface area contributed by atoms with Crippen LogP contribution in [0.4, 0.5) is 4.39 Å². The van der Waals surface area contributed by atoms with E-state index in [1.807, 2.05) is 20.8 Å². The minimum absolute atomic E-state index is 0.0984. The number of carbonyl (C=O) groups excluding carboxylic acids is 1. The molecule has 5 heteroatoms. The molecule has 106 valence electrons. The summed E-state index contributed by atoms with van der Waals surface area (Å²) in [4.78, 5) is 11.6. The number of hydrogen-bond acceptors (Lipinski definition) is 2. The van der Waals surface area contributed by atoms with Gasteiger partial charge < -0.3 is 10.1 Å². The highest BCUT2D eigenvalue weighted by Gasteiger charge is 2.21. The largest absolute Gasteiger partial charge is 0.494 e. The van der Waals surface area contributed by atoms with Gasteiger partial charge >= 0.3 is 0 Å². The van der Waals surface area contributed by atoms with Gasteiger partial charge in [0.25, 0.3) is 0 Å². The fourth-order valence-corrected chi connectivity index (χ4v) is 1.76. The Balaban J connectivity index is 2.76. The second kappa shape index (κ2) is 6.89. The van der Waals surface area contributed by atoms with Gasteiger partial charge in [-0.2, -0.15) is 0 Å². The lowest BCUT2D eigenvalue weighted by atomic mass is 10.1. The fraction of sp³-hybridized carbons (Fsp3) is 0.500. The maximum atomic E-state index is 13.6. The molecule has 3 nitrogen and oxygen atoms in total. The molecule has 1 N–H and O–H groups in total. The first-order valence-electron chi connectivity index (χ1n) is 6.14. The van der Waals surface area contributed by atoms with Gasteiger partial charge in [0.05, 0.1) is 18.0 Å². The molecule has 0 radical (unpaired) electrons. The third kappa shape index (κ3) is 4.20. The Labute approximate surface area is 121 Å². The van der Waals surface area contributed by atoms with Crippen LogP contribution in [0.3, 0.4) is 0 Å². The van der Waals surface area contributed by atoms with Crippen LogP contribution in [-0.4, -0.2) is 17.8 Å². The van der Waals surface area contributed by atoms with Gasteiger partial charge in [-0.1, -0.05) is 35.8 Å². The molecule has 1 rings (SSSR count). The highest BCUT2D eigenvalue weighted by Crippen LogP contribution is 2.22. The number of nitrogens with one attached hydrogen (secondary N) is 1. The number of methoxy groups -OCH3 is 1. The first kappa shape index (κ1) is 16.0. The summed E-state index contributed by atoms with van der Waals surface area (Å²) >= 11 is 3.34. The van der Waals surface area contributed by atoms with Gasteiger partial charge in [0, 0.05) is 0 Å². The number of alkyl halides is 1. The fourth-order valence-electron chi connectivity index (χ4n) is 1.63. The van der Waals surface area contributed by atoms with Crippen LogP contribution in [-0.2, 0) is 4.79 Å². The van der Waals surface area contributed by atoms with Crippen LogP contribution in [0.15, 0.2) is 18.2 Å². The molecule has 1 aromatic carbocycles. The van der Waals surface area contributed by atoms with Gasteiger partial charge in [-0.3, -0.25) is 4.79 Å². The average molecular weight is 332 g/mol. The van der Waals surface area contributed by atoms with Gasteiger partial charge in [0.1, 0.15) is 0 Å². The smallest absolute Gasteiger partial charge is 0.234 e. The van der Waals surface area contributed by atoms with E-state index in [0.29, 0.717) is 5.56 Å². The molecular formula is C14H19BrFNO2. The van der Waals surface area contributed by atoms with Gasteiger partial charge in [-0.05, 0) is 30.5 Å². The maximum Gasteiger partial charge on any atom is 0.234 e. The summed E-state index contributed by atoms with van der Waals surface area (Å²) < 4.78 is 18.4.